The number of piperazine rings is 1. The van der Waals surface area contributed by atoms with Gasteiger partial charge in [-0.1, -0.05) is 11.6 Å². The summed E-state index contributed by atoms with van der Waals surface area (Å²) in [5.74, 6) is 0.838. The SMILES string of the molecule is CCOC(=O)c1ccc(N2CCN(c3cc(Cl)nnc3N)CC2)nc1. The van der Waals surface area contributed by atoms with Gasteiger partial charge >= 0.3 is 5.97 Å². The van der Waals surface area contributed by atoms with Crippen molar-refractivity contribution in [3.05, 3.63) is 35.1 Å². The van der Waals surface area contributed by atoms with Crippen molar-refractivity contribution in [2.75, 3.05) is 48.3 Å². The molecule has 1 fully saturated rings. The van der Waals surface area contributed by atoms with E-state index >= 15 is 0 Å². The van der Waals surface area contributed by atoms with Crippen LogP contribution in [0.1, 0.15) is 17.3 Å². The molecule has 9 heteroatoms. The third-order valence-electron chi connectivity index (χ3n) is 3.97. The Kier molecular flexibility index (Phi) is 5.18. The molecule has 3 heterocycles. The van der Waals surface area contributed by atoms with Gasteiger partial charge in [-0.15, -0.1) is 10.2 Å². The number of carbonyl (C=O) groups excluding carboxylic acids is 1. The van der Waals surface area contributed by atoms with E-state index in [0.29, 0.717) is 23.1 Å². The van der Waals surface area contributed by atoms with Crippen LogP contribution in [-0.2, 0) is 4.74 Å². The number of nitrogen functional groups attached to an aromatic ring is 1. The number of rotatable bonds is 4. The van der Waals surface area contributed by atoms with Gasteiger partial charge in [-0.05, 0) is 19.1 Å². The van der Waals surface area contributed by atoms with E-state index in [9.17, 15) is 4.79 Å². The third-order valence-corrected chi connectivity index (χ3v) is 4.16. The van der Waals surface area contributed by atoms with Crippen molar-refractivity contribution < 1.29 is 9.53 Å². The zero-order valence-corrected chi connectivity index (χ0v) is 14.6. The summed E-state index contributed by atoms with van der Waals surface area (Å²) in [6.45, 7) is 5.17. The molecule has 2 aromatic heterocycles. The molecule has 3 rings (SSSR count). The predicted molar refractivity (Wildman–Crippen MR) is 96.1 cm³/mol. The molecular weight excluding hydrogens is 344 g/mol. The van der Waals surface area contributed by atoms with E-state index in [0.717, 1.165) is 37.7 Å². The number of anilines is 3. The van der Waals surface area contributed by atoms with E-state index in [1.807, 2.05) is 6.07 Å². The molecule has 1 aliphatic heterocycles. The average Bonchev–Trinajstić information content (AvgIpc) is 2.64. The van der Waals surface area contributed by atoms with Gasteiger partial charge in [-0.3, -0.25) is 0 Å². The van der Waals surface area contributed by atoms with Crippen LogP contribution in [0.25, 0.3) is 0 Å². The molecule has 0 radical (unpaired) electrons. The van der Waals surface area contributed by atoms with Crippen LogP contribution < -0.4 is 15.5 Å². The molecular formula is C16H19ClN6O2. The average molecular weight is 363 g/mol. The van der Waals surface area contributed by atoms with Crippen LogP contribution in [0.15, 0.2) is 24.4 Å². The molecule has 0 amide bonds. The molecule has 132 valence electrons. The molecule has 0 unspecified atom stereocenters. The van der Waals surface area contributed by atoms with Crippen molar-refractivity contribution in [1.29, 1.82) is 0 Å². The Morgan fingerprint density at radius 1 is 1.24 bits per heavy atom. The summed E-state index contributed by atoms with van der Waals surface area (Å²) in [5.41, 5.74) is 7.14. The summed E-state index contributed by atoms with van der Waals surface area (Å²) in [4.78, 5) is 20.3. The Balaban J connectivity index is 1.64. The highest BCUT2D eigenvalue weighted by Gasteiger charge is 2.21. The standard InChI is InChI=1S/C16H19ClN6O2/c1-2-25-16(24)11-3-4-14(19-10-11)23-7-5-22(6-8-23)12-9-13(17)20-21-15(12)18/h3-4,9-10H,2,5-8H2,1H3,(H2,18,21). The van der Waals surface area contributed by atoms with Crippen molar-refractivity contribution >= 4 is 34.9 Å². The van der Waals surface area contributed by atoms with Gasteiger partial charge in [0, 0.05) is 38.4 Å². The Hall–Kier alpha value is -2.61. The number of hydrogen-bond acceptors (Lipinski definition) is 8. The summed E-state index contributed by atoms with van der Waals surface area (Å²) in [7, 11) is 0. The van der Waals surface area contributed by atoms with Crippen LogP contribution in [0, 0.1) is 0 Å². The smallest absolute Gasteiger partial charge is 0.339 e. The molecule has 0 aromatic carbocycles. The topological polar surface area (TPSA) is 97.5 Å². The number of aromatic nitrogens is 3. The minimum absolute atomic E-state index is 0.322. The van der Waals surface area contributed by atoms with Crippen LogP contribution in [0.2, 0.25) is 5.15 Å². The van der Waals surface area contributed by atoms with Crippen molar-refractivity contribution in [3.8, 4) is 0 Å². The second-order valence-corrected chi connectivity index (χ2v) is 5.92. The molecule has 1 aliphatic rings. The molecule has 0 atom stereocenters. The lowest BCUT2D eigenvalue weighted by Gasteiger charge is -2.36. The first-order valence-corrected chi connectivity index (χ1v) is 8.38. The molecule has 2 aromatic rings. The normalized spacial score (nSPS) is 14.5. The maximum atomic E-state index is 11.7. The predicted octanol–water partition coefficient (Wildman–Crippen LogP) is 1.61. The third kappa shape index (κ3) is 3.90. The Morgan fingerprint density at radius 3 is 2.60 bits per heavy atom. The fraction of sp³-hybridized carbons (Fsp3) is 0.375. The first kappa shape index (κ1) is 17.2. The number of pyridine rings is 1. The number of carbonyl (C=O) groups is 1. The van der Waals surface area contributed by atoms with E-state index < -0.39 is 0 Å². The van der Waals surface area contributed by atoms with Gasteiger partial charge in [0.2, 0.25) is 0 Å². The zero-order chi connectivity index (χ0) is 17.8. The van der Waals surface area contributed by atoms with Gasteiger partial charge in [-0.25, -0.2) is 9.78 Å². The molecule has 0 spiro atoms. The molecule has 0 bridgehead atoms. The van der Waals surface area contributed by atoms with Gasteiger partial charge < -0.3 is 20.3 Å². The summed E-state index contributed by atoms with van der Waals surface area (Å²) >= 11 is 5.91. The number of halogens is 1. The minimum atomic E-state index is -0.357. The van der Waals surface area contributed by atoms with Gasteiger partial charge in [0.1, 0.15) is 5.82 Å². The summed E-state index contributed by atoms with van der Waals surface area (Å²) in [6.07, 6.45) is 1.55. The lowest BCUT2D eigenvalue weighted by molar-refractivity contribution is 0.0526. The van der Waals surface area contributed by atoms with Gasteiger partial charge in [-0.2, -0.15) is 0 Å². The second kappa shape index (κ2) is 7.52. The van der Waals surface area contributed by atoms with E-state index in [1.54, 1.807) is 25.3 Å². The Morgan fingerprint density at radius 2 is 1.96 bits per heavy atom. The van der Waals surface area contributed by atoms with Gasteiger partial charge in [0.25, 0.3) is 0 Å². The summed E-state index contributed by atoms with van der Waals surface area (Å²) in [6, 6.07) is 5.30. The highest BCUT2D eigenvalue weighted by Crippen LogP contribution is 2.25. The van der Waals surface area contributed by atoms with Crippen molar-refractivity contribution in [2.24, 2.45) is 0 Å². The minimum Gasteiger partial charge on any atom is -0.462 e. The molecule has 8 nitrogen and oxygen atoms in total. The lowest BCUT2D eigenvalue weighted by atomic mass is 10.2. The van der Waals surface area contributed by atoms with E-state index in [-0.39, 0.29) is 5.97 Å². The quantitative estimate of drug-likeness (QED) is 0.819. The van der Waals surface area contributed by atoms with Gasteiger partial charge in [0.15, 0.2) is 11.0 Å². The molecule has 25 heavy (non-hydrogen) atoms. The van der Waals surface area contributed by atoms with Crippen LogP contribution in [0.3, 0.4) is 0 Å². The highest BCUT2D eigenvalue weighted by atomic mass is 35.5. The number of esters is 1. The first-order chi connectivity index (χ1) is 12.1. The fourth-order valence-corrected chi connectivity index (χ4v) is 2.85. The number of nitrogens with zero attached hydrogens (tertiary/aromatic N) is 5. The van der Waals surface area contributed by atoms with Crippen molar-refractivity contribution in [3.63, 3.8) is 0 Å². The van der Waals surface area contributed by atoms with Crippen molar-refractivity contribution in [1.82, 2.24) is 15.2 Å². The molecule has 0 aliphatic carbocycles. The maximum Gasteiger partial charge on any atom is 0.339 e. The van der Waals surface area contributed by atoms with Crippen molar-refractivity contribution in [2.45, 2.75) is 6.92 Å². The number of ether oxygens (including phenoxy) is 1. The van der Waals surface area contributed by atoms with Crippen LogP contribution >= 0.6 is 11.6 Å². The molecule has 2 N–H and O–H groups in total. The van der Waals surface area contributed by atoms with E-state index in [1.165, 1.54) is 0 Å². The monoisotopic (exact) mass is 362 g/mol. The van der Waals surface area contributed by atoms with Crippen LogP contribution in [-0.4, -0.2) is 53.9 Å². The van der Waals surface area contributed by atoms with Crippen LogP contribution in [0.5, 0.6) is 0 Å². The van der Waals surface area contributed by atoms with Gasteiger partial charge in [0.05, 0.1) is 17.9 Å². The maximum absolute atomic E-state index is 11.7. The van der Waals surface area contributed by atoms with E-state index in [2.05, 4.69) is 25.0 Å². The lowest BCUT2D eigenvalue weighted by Crippen LogP contribution is -2.47. The summed E-state index contributed by atoms with van der Waals surface area (Å²) < 4.78 is 4.96. The highest BCUT2D eigenvalue weighted by molar-refractivity contribution is 6.29. The Labute approximate surface area is 150 Å². The van der Waals surface area contributed by atoms with Crippen LogP contribution in [0.4, 0.5) is 17.3 Å². The van der Waals surface area contributed by atoms with E-state index in [4.69, 9.17) is 22.1 Å². The second-order valence-electron chi connectivity index (χ2n) is 5.54. The first-order valence-electron chi connectivity index (χ1n) is 8.00. The summed E-state index contributed by atoms with van der Waals surface area (Å²) in [5, 5.41) is 7.92. The fourth-order valence-electron chi connectivity index (χ4n) is 2.71. The Bertz CT molecular complexity index is 747. The number of nitrogens with two attached hydrogens (primary N) is 1. The number of hydrogen-bond donors (Lipinski definition) is 1. The zero-order valence-electron chi connectivity index (χ0n) is 13.9. The molecule has 1 saturated heterocycles. The largest absolute Gasteiger partial charge is 0.462 e. The molecule has 0 saturated carbocycles.